The van der Waals surface area contributed by atoms with Gasteiger partial charge in [0.15, 0.2) is 0 Å². The molecule has 0 aliphatic carbocycles. The maximum absolute atomic E-state index is 13.2. The molecule has 20 heavy (non-hydrogen) atoms. The van der Waals surface area contributed by atoms with Gasteiger partial charge in [0.1, 0.15) is 5.82 Å². The van der Waals surface area contributed by atoms with E-state index in [2.05, 4.69) is 5.32 Å². The molecule has 2 nitrogen and oxygen atoms in total. The van der Waals surface area contributed by atoms with Crippen LogP contribution in [0.15, 0.2) is 18.2 Å². The molecule has 0 heterocycles. The molecule has 0 saturated heterocycles. The predicted octanol–water partition coefficient (Wildman–Crippen LogP) is 4.06. The minimum Gasteiger partial charge on any atom is -0.396 e. The van der Waals surface area contributed by atoms with Crippen molar-refractivity contribution < 1.29 is 22.7 Å². The molecular weight excluding hydrogens is 274 g/mol. The number of rotatable bonds is 6. The van der Waals surface area contributed by atoms with Crippen LogP contribution in [0.2, 0.25) is 0 Å². The van der Waals surface area contributed by atoms with Crippen molar-refractivity contribution in [3.63, 3.8) is 0 Å². The van der Waals surface area contributed by atoms with E-state index in [4.69, 9.17) is 0 Å². The molecule has 2 N–H and O–H groups in total. The van der Waals surface area contributed by atoms with Crippen molar-refractivity contribution in [2.75, 3.05) is 18.5 Å². The Morgan fingerprint density at radius 1 is 1.15 bits per heavy atom. The summed E-state index contributed by atoms with van der Waals surface area (Å²) in [7, 11) is 0. The van der Waals surface area contributed by atoms with Crippen LogP contribution >= 0.6 is 0 Å². The highest BCUT2D eigenvalue weighted by molar-refractivity contribution is 5.47. The highest BCUT2D eigenvalue weighted by atomic mass is 19.4. The van der Waals surface area contributed by atoms with E-state index in [1.54, 1.807) is 0 Å². The standard InChI is InChI=1S/C14H19F4NO/c1-3-13(4-2,9-20)8-19-10-5-6-12(15)11(7-10)14(16,17)18/h5-7,19-20H,3-4,8-9H2,1-2H3. The molecule has 0 amide bonds. The quantitative estimate of drug-likeness (QED) is 0.775. The van der Waals surface area contributed by atoms with Gasteiger partial charge in [-0.3, -0.25) is 0 Å². The Labute approximate surface area is 115 Å². The Balaban J connectivity index is 2.89. The fourth-order valence-corrected chi connectivity index (χ4v) is 1.92. The summed E-state index contributed by atoms with van der Waals surface area (Å²) in [4.78, 5) is 0. The zero-order valence-electron chi connectivity index (χ0n) is 11.5. The lowest BCUT2D eigenvalue weighted by molar-refractivity contribution is -0.139. The molecule has 0 spiro atoms. The number of hydrogen-bond acceptors (Lipinski definition) is 2. The number of halogens is 4. The van der Waals surface area contributed by atoms with Crippen LogP contribution in [0.3, 0.4) is 0 Å². The van der Waals surface area contributed by atoms with Gasteiger partial charge in [0, 0.05) is 17.6 Å². The van der Waals surface area contributed by atoms with Crippen molar-refractivity contribution in [3.8, 4) is 0 Å². The third kappa shape index (κ3) is 3.85. The number of aliphatic hydroxyl groups excluding tert-OH is 1. The van der Waals surface area contributed by atoms with Gasteiger partial charge in [-0.15, -0.1) is 0 Å². The average molecular weight is 293 g/mol. The van der Waals surface area contributed by atoms with Gasteiger partial charge in [0.25, 0.3) is 0 Å². The maximum atomic E-state index is 13.2. The molecule has 0 aromatic heterocycles. The molecule has 0 aliphatic rings. The summed E-state index contributed by atoms with van der Waals surface area (Å²) < 4.78 is 50.9. The molecule has 0 atom stereocenters. The second-order valence-electron chi connectivity index (χ2n) is 4.91. The monoisotopic (exact) mass is 293 g/mol. The lowest BCUT2D eigenvalue weighted by atomic mass is 9.83. The van der Waals surface area contributed by atoms with Gasteiger partial charge in [-0.05, 0) is 31.0 Å². The third-order valence-corrected chi connectivity index (χ3v) is 3.77. The number of hydrogen-bond donors (Lipinski definition) is 2. The average Bonchev–Trinajstić information content (AvgIpc) is 2.41. The summed E-state index contributed by atoms with van der Waals surface area (Å²) in [6, 6.07) is 2.81. The molecule has 0 bridgehead atoms. The SMILES string of the molecule is CCC(CC)(CO)CNc1ccc(F)c(C(F)(F)F)c1. The van der Waals surface area contributed by atoms with E-state index in [9.17, 15) is 22.7 Å². The summed E-state index contributed by atoms with van der Waals surface area (Å²) >= 11 is 0. The summed E-state index contributed by atoms with van der Waals surface area (Å²) in [6.45, 7) is 4.10. The lowest BCUT2D eigenvalue weighted by Gasteiger charge is -2.30. The van der Waals surface area contributed by atoms with Gasteiger partial charge >= 0.3 is 6.18 Å². The first-order valence-corrected chi connectivity index (χ1v) is 6.49. The fourth-order valence-electron chi connectivity index (χ4n) is 1.92. The molecule has 0 saturated carbocycles. The van der Waals surface area contributed by atoms with Gasteiger partial charge in [-0.1, -0.05) is 13.8 Å². The first-order valence-electron chi connectivity index (χ1n) is 6.49. The van der Waals surface area contributed by atoms with E-state index in [-0.39, 0.29) is 17.7 Å². The minimum absolute atomic E-state index is 0.0552. The fraction of sp³-hybridized carbons (Fsp3) is 0.571. The normalized spacial score (nSPS) is 12.6. The van der Waals surface area contributed by atoms with E-state index in [0.29, 0.717) is 19.4 Å². The van der Waals surface area contributed by atoms with Gasteiger partial charge in [-0.25, -0.2) is 4.39 Å². The van der Waals surface area contributed by atoms with Crippen LogP contribution in [0.25, 0.3) is 0 Å². The van der Waals surface area contributed by atoms with Crippen LogP contribution in [0, 0.1) is 11.2 Å². The molecule has 0 aliphatic heterocycles. The number of benzene rings is 1. The Bertz CT molecular complexity index is 433. The number of alkyl halides is 3. The molecule has 0 fully saturated rings. The van der Waals surface area contributed by atoms with Gasteiger partial charge < -0.3 is 10.4 Å². The van der Waals surface area contributed by atoms with E-state index in [1.807, 2.05) is 13.8 Å². The summed E-state index contributed by atoms with van der Waals surface area (Å²) in [5, 5.41) is 12.3. The minimum atomic E-state index is -4.72. The molecule has 1 aromatic rings. The van der Waals surface area contributed by atoms with Crippen molar-refractivity contribution in [1.29, 1.82) is 0 Å². The van der Waals surface area contributed by atoms with Crippen molar-refractivity contribution in [3.05, 3.63) is 29.6 Å². The Hall–Kier alpha value is -1.30. The summed E-state index contributed by atoms with van der Waals surface area (Å²) in [5.41, 5.74) is -1.48. The molecule has 0 unspecified atom stereocenters. The highest BCUT2D eigenvalue weighted by Crippen LogP contribution is 2.33. The van der Waals surface area contributed by atoms with E-state index in [1.165, 1.54) is 6.07 Å². The lowest BCUT2D eigenvalue weighted by Crippen LogP contribution is -2.32. The van der Waals surface area contributed by atoms with Crippen molar-refractivity contribution in [2.24, 2.45) is 5.41 Å². The van der Waals surface area contributed by atoms with Gasteiger partial charge in [0.2, 0.25) is 0 Å². The predicted molar refractivity (Wildman–Crippen MR) is 70.0 cm³/mol. The summed E-state index contributed by atoms with van der Waals surface area (Å²) in [5.74, 6) is -1.29. The summed E-state index contributed by atoms with van der Waals surface area (Å²) in [6.07, 6.45) is -3.33. The van der Waals surface area contributed by atoms with E-state index in [0.717, 1.165) is 12.1 Å². The topological polar surface area (TPSA) is 32.3 Å². The van der Waals surface area contributed by atoms with Crippen LogP contribution in [-0.4, -0.2) is 18.3 Å². The molecule has 0 radical (unpaired) electrons. The third-order valence-electron chi connectivity index (χ3n) is 3.77. The zero-order chi connectivity index (χ0) is 15.4. The largest absolute Gasteiger partial charge is 0.419 e. The van der Waals surface area contributed by atoms with Crippen molar-refractivity contribution in [1.82, 2.24) is 0 Å². The zero-order valence-corrected chi connectivity index (χ0v) is 11.5. The Morgan fingerprint density at radius 3 is 2.20 bits per heavy atom. The smallest absolute Gasteiger partial charge is 0.396 e. The van der Waals surface area contributed by atoms with E-state index >= 15 is 0 Å². The van der Waals surface area contributed by atoms with Crippen LogP contribution in [0.1, 0.15) is 32.3 Å². The second-order valence-corrected chi connectivity index (χ2v) is 4.91. The first-order chi connectivity index (χ1) is 9.28. The number of aliphatic hydroxyl groups is 1. The van der Waals surface area contributed by atoms with Crippen LogP contribution in [0.5, 0.6) is 0 Å². The maximum Gasteiger partial charge on any atom is 0.419 e. The van der Waals surface area contributed by atoms with Crippen LogP contribution < -0.4 is 5.32 Å². The molecule has 6 heteroatoms. The second kappa shape index (κ2) is 6.43. The van der Waals surface area contributed by atoms with Crippen LogP contribution in [0.4, 0.5) is 23.2 Å². The van der Waals surface area contributed by atoms with Gasteiger partial charge in [-0.2, -0.15) is 13.2 Å². The molecule has 1 aromatic carbocycles. The Kier molecular flexibility index (Phi) is 5.39. The molecule has 114 valence electrons. The molecule has 1 rings (SSSR count). The number of nitrogens with one attached hydrogen (secondary N) is 1. The van der Waals surface area contributed by atoms with E-state index < -0.39 is 17.6 Å². The molecular formula is C14H19F4NO. The Morgan fingerprint density at radius 2 is 1.75 bits per heavy atom. The highest BCUT2D eigenvalue weighted by Gasteiger charge is 2.34. The van der Waals surface area contributed by atoms with Crippen molar-refractivity contribution >= 4 is 5.69 Å². The van der Waals surface area contributed by atoms with Crippen LogP contribution in [-0.2, 0) is 6.18 Å². The first kappa shape index (κ1) is 16.8. The number of anilines is 1. The van der Waals surface area contributed by atoms with Crippen molar-refractivity contribution in [2.45, 2.75) is 32.9 Å². The van der Waals surface area contributed by atoms with Gasteiger partial charge in [0.05, 0.1) is 12.2 Å².